The first-order chi connectivity index (χ1) is 13.9. The number of rotatable bonds is 7. The Morgan fingerprint density at radius 3 is 2.36 bits per heavy atom. The average Bonchev–Trinajstić information content (AvgIpc) is 3.16. The molecule has 0 bridgehead atoms. The highest BCUT2D eigenvalue weighted by Gasteiger charge is 2.10. The Labute approximate surface area is 163 Å². The van der Waals surface area contributed by atoms with E-state index in [1.165, 1.54) is 5.56 Å². The van der Waals surface area contributed by atoms with E-state index in [9.17, 15) is 0 Å². The molecule has 0 atom stereocenters. The lowest BCUT2D eigenvalue weighted by molar-refractivity contribution is 0.132. The van der Waals surface area contributed by atoms with Gasteiger partial charge in [0.05, 0.1) is 12.8 Å². The summed E-state index contributed by atoms with van der Waals surface area (Å²) in [5.74, 6) is 0. The van der Waals surface area contributed by atoms with Gasteiger partial charge in [0.25, 0.3) is 0 Å². The van der Waals surface area contributed by atoms with Gasteiger partial charge in [-0.05, 0) is 23.3 Å². The predicted molar refractivity (Wildman–Crippen MR) is 110 cm³/mol. The van der Waals surface area contributed by atoms with E-state index < -0.39 is 0 Å². The van der Waals surface area contributed by atoms with Crippen LogP contribution in [0.25, 0.3) is 11.3 Å². The molecule has 138 valence electrons. The van der Waals surface area contributed by atoms with Crippen LogP contribution in [0.5, 0.6) is 0 Å². The molecule has 28 heavy (non-hydrogen) atoms. The third-order valence-electron chi connectivity index (χ3n) is 4.25. The molecule has 0 saturated carbocycles. The van der Waals surface area contributed by atoms with Crippen molar-refractivity contribution in [2.24, 2.45) is 5.16 Å². The number of hydrogen-bond acceptors (Lipinski definition) is 4. The zero-order chi connectivity index (χ0) is 19.0. The normalized spacial score (nSPS) is 11.0. The second-order valence-electron chi connectivity index (χ2n) is 6.35. The molecule has 2 heterocycles. The molecule has 0 radical (unpaired) electrons. The van der Waals surface area contributed by atoms with Crippen molar-refractivity contribution >= 4 is 6.21 Å². The van der Waals surface area contributed by atoms with E-state index in [0.717, 1.165) is 22.4 Å². The fraction of sp³-hybridized carbons (Fsp3) is 0.0870. The van der Waals surface area contributed by atoms with Crippen LogP contribution in [0.4, 0.5) is 0 Å². The Balaban J connectivity index is 1.54. The first-order valence-corrected chi connectivity index (χ1v) is 9.09. The third kappa shape index (κ3) is 4.51. The summed E-state index contributed by atoms with van der Waals surface area (Å²) in [6.45, 7) is 1.12. The van der Waals surface area contributed by atoms with Gasteiger partial charge < -0.3 is 4.84 Å². The summed E-state index contributed by atoms with van der Waals surface area (Å²) in [4.78, 5) is 9.67. The molecule has 0 aliphatic heterocycles. The van der Waals surface area contributed by atoms with Crippen LogP contribution in [0.2, 0.25) is 0 Å². The number of hydrogen-bond donors (Lipinski definition) is 0. The zero-order valence-electron chi connectivity index (χ0n) is 15.3. The van der Waals surface area contributed by atoms with Gasteiger partial charge in [0.1, 0.15) is 12.3 Å². The molecule has 0 saturated heterocycles. The van der Waals surface area contributed by atoms with E-state index in [1.54, 1.807) is 18.6 Å². The molecule has 2 aromatic carbocycles. The Kier molecular flexibility index (Phi) is 5.54. The van der Waals surface area contributed by atoms with Crippen LogP contribution in [-0.2, 0) is 18.0 Å². The lowest BCUT2D eigenvalue weighted by Crippen LogP contribution is -2.00. The van der Waals surface area contributed by atoms with E-state index in [0.29, 0.717) is 13.2 Å². The van der Waals surface area contributed by atoms with Crippen LogP contribution >= 0.6 is 0 Å². The molecule has 0 aliphatic carbocycles. The number of benzene rings is 2. The van der Waals surface area contributed by atoms with E-state index >= 15 is 0 Å². The van der Waals surface area contributed by atoms with E-state index in [1.807, 2.05) is 71.5 Å². The molecule has 4 rings (SSSR count). The molecule has 0 amide bonds. The van der Waals surface area contributed by atoms with Gasteiger partial charge >= 0.3 is 0 Å². The molecule has 4 aromatic rings. The van der Waals surface area contributed by atoms with Gasteiger partial charge in [-0.25, -0.2) is 0 Å². The maximum Gasteiger partial charge on any atom is 0.142 e. The molecule has 5 nitrogen and oxygen atoms in total. The van der Waals surface area contributed by atoms with E-state index in [2.05, 4.69) is 22.3 Å². The van der Waals surface area contributed by atoms with Gasteiger partial charge in [-0.3, -0.25) is 9.67 Å². The summed E-state index contributed by atoms with van der Waals surface area (Å²) >= 11 is 0. The van der Waals surface area contributed by atoms with Crippen molar-refractivity contribution in [3.8, 4) is 11.3 Å². The second kappa shape index (κ2) is 8.77. The summed E-state index contributed by atoms with van der Waals surface area (Å²) in [5, 5.41) is 8.89. The molecular weight excluding hydrogens is 348 g/mol. The van der Waals surface area contributed by atoms with Crippen molar-refractivity contribution in [3.63, 3.8) is 0 Å². The SMILES string of the molecule is C(=N\OCc1ccccc1)/c1cn(Cc2ccccc2)nc1-c1cccnc1. The lowest BCUT2D eigenvalue weighted by atomic mass is 10.1. The number of nitrogens with zero attached hydrogens (tertiary/aromatic N) is 4. The van der Waals surface area contributed by atoms with E-state index in [-0.39, 0.29) is 0 Å². The van der Waals surface area contributed by atoms with Gasteiger partial charge in [-0.15, -0.1) is 0 Å². The maximum absolute atomic E-state index is 5.46. The summed E-state index contributed by atoms with van der Waals surface area (Å²) in [5.41, 5.74) is 4.92. The number of aromatic nitrogens is 3. The highest BCUT2D eigenvalue weighted by atomic mass is 16.6. The van der Waals surface area contributed by atoms with Gasteiger partial charge in [-0.1, -0.05) is 65.8 Å². The van der Waals surface area contributed by atoms with Crippen LogP contribution in [0.15, 0.2) is 96.5 Å². The standard InChI is InChI=1S/C23H20N4O/c1-3-8-19(9-4-1)16-27-17-22(23(26-27)21-12-7-13-24-14-21)15-25-28-18-20-10-5-2-6-11-20/h1-15,17H,16,18H2/b25-15+. The van der Waals surface area contributed by atoms with Crippen LogP contribution in [0.3, 0.4) is 0 Å². The second-order valence-corrected chi connectivity index (χ2v) is 6.35. The highest BCUT2D eigenvalue weighted by Crippen LogP contribution is 2.20. The largest absolute Gasteiger partial charge is 0.391 e. The van der Waals surface area contributed by atoms with Crippen LogP contribution in [-0.4, -0.2) is 21.0 Å². The minimum Gasteiger partial charge on any atom is -0.391 e. The average molecular weight is 368 g/mol. The highest BCUT2D eigenvalue weighted by molar-refractivity contribution is 5.88. The van der Waals surface area contributed by atoms with Crippen molar-refractivity contribution in [2.75, 3.05) is 0 Å². The predicted octanol–water partition coefficient (Wildman–Crippen LogP) is 4.54. The molecule has 0 unspecified atom stereocenters. The quantitative estimate of drug-likeness (QED) is 0.355. The molecular formula is C23H20N4O. The molecule has 2 aromatic heterocycles. The lowest BCUT2D eigenvalue weighted by Gasteiger charge is -2.01. The monoisotopic (exact) mass is 368 g/mol. The van der Waals surface area contributed by atoms with Crippen molar-refractivity contribution in [2.45, 2.75) is 13.2 Å². The zero-order valence-corrected chi connectivity index (χ0v) is 15.3. The van der Waals surface area contributed by atoms with Crippen LogP contribution in [0.1, 0.15) is 16.7 Å². The summed E-state index contributed by atoms with van der Waals surface area (Å²) in [7, 11) is 0. The van der Waals surface area contributed by atoms with Crippen molar-refractivity contribution in [3.05, 3.63) is 108 Å². The fourth-order valence-electron chi connectivity index (χ4n) is 2.89. The molecule has 0 spiro atoms. The van der Waals surface area contributed by atoms with Gasteiger partial charge in [0.2, 0.25) is 0 Å². The molecule has 0 aliphatic rings. The Morgan fingerprint density at radius 2 is 1.64 bits per heavy atom. The topological polar surface area (TPSA) is 52.3 Å². The minimum atomic E-state index is 0.428. The maximum atomic E-state index is 5.46. The molecule has 0 N–H and O–H groups in total. The van der Waals surface area contributed by atoms with Crippen LogP contribution < -0.4 is 0 Å². The van der Waals surface area contributed by atoms with Crippen molar-refractivity contribution in [1.29, 1.82) is 0 Å². The number of pyridine rings is 1. The summed E-state index contributed by atoms with van der Waals surface area (Å²) in [6.07, 6.45) is 7.24. The van der Waals surface area contributed by atoms with Crippen LogP contribution in [0, 0.1) is 0 Å². The first-order valence-electron chi connectivity index (χ1n) is 9.09. The minimum absolute atomic E-state index is 0.428. The third-order valence-corrected chi connectivity index (χ3v) is 4.25. The Morgan fingerprint density at radius 1 is 0.893 bits per heavy atom. The van der Waals surface area contributed by atoms with Gasteiger partial charge in [0, 0.05) is 29.7 Å². The summed E-state index contributed by atoms with van der Waals surface area (Å²) < 4.78 is 1.91. The van der Waals surface area contributed by atoms with Gasteiger partial charge in [0.15, 0.2) is 0 Å². The van der Waals surface area contributed by atoms with Crippen molar-refractivity contribution < 1.29 is 4.84 Å². The summed E-state index contributed by atoms with van der Waals surface area (Å²) in [6, 6.07) is 24.1. The smallest absolute Gasteiger partial charge is 0.142 e. The fourth-order valence-corrected chi connectivity index (χ4v) is 2.89. The molecule has 5 heteroatoms. The molecule has 0 fully saturated rings. The Bertz CT molecular complexity index is 1030. The first kappa shape index (κ1) is 17.7. The van der Waals surface area contributed by atoms with E-state index in [4.69, 9.17) is 9.94 Å². The van der Waals surface area contributed by atoms with Crippen molar-refractivity contribution in [1.82, 2.24) is 14.8 Å². The number of oxime groups is 1. The van der Waals surface area contributed by atoms with Gasteiger partial charge in [-0.2, -0.15) is 5.10 Å². The Hall–Kier alpha value is -3.73.